The van der Waals surface area contributed by atoms with E-state index >= 15 is 0 Å². The van der Waals surface area contributed by atoms with Gasteiger partial charge < -0.3 is 9.13 Å². The summed E-state index contributed by atoms with van der Waals surface area (Å²) in [6.07, 6.45) is 7.26. The number of para-hydroxylation sites is 1. The number of nitrogens with zero attached hydrogens (tertiary/aromatic N) is 3. The first-order chi connectivity index (χ1) is 19.1. The molecule has 0 aliphatic rings. The van der Waals surface area contributed by atoms with Crippen LogP contribution < -0.4 is 0 Å². The van der Waals surface area contributed by atoms with Gasteiger partial charge in [0.05, 0.1) is 12.0 Å². The molecule has 0 bridgehead atoms. The number of imidazole rings is 1. The van der Waals surface area contributed by atoms with Crippen molar-refractivity contribution in [3.63, 3.8) is 0 Å². The number of aromatic nitrogens is 3. The van der Waals surface area contributed by atoms with E-state index in [1.807, 2.05) is 72.7 Å². The van der Waals surface area contributed by atoms with E-state index in [0.29, 0.717) is 5.56 Å². The Morgan fingerprint density at radius 3 is 1.82 bits per heavy atom. The molecule has 0 saturated carbocycles. The second kappa shape index (κ2) is 10.1. The normalized spacial score (nSPS) is 11.8. The number of carbonyl (C=O) groups excluding carboxylic acids is 1. The van der Waals surface area contributed by atoms with Gasteiger partial charge in [-0.25, -0.2) is 4.98 Å². The zero-order chi connectivity index (χ0) is 26.8. The van der Waals surface area contributed by atoms with Gasteiger partial charge >= 0.3 is 0 Å². The lowest BCUT2D eigenvalue weighted by Crippen LogP contribution is -2.38. The summed E-state index contributed by atoms with van der Waals surface area (Å²) < 4.78 is 4.22. The molecule has 0 atom stereocenters. The molecule has 39 heavy (non-hydrogen) atoms. The highest BCUT2D eigenvalue weighted by Gasteiger charge is 2.39. The van der Waals surface area contributed by atoms with Crippen molar-refractivity contribution in [2.75, 3.05) is 0 Å². The summed E-state index contributed by atoms with van der Waals surface area (Å²) in [5, 5.41) is 0.952. The Bertz CT molecular complexity index is 1680. The van der Waals surface area contributed by atoms with Gasteiger partial charge in [-0.15, -0.1) is 0 Å². The summed E-state index contributed by atoms with van der Waals surface area (Å²) in [5.41, 5.74) is 6.19. The minimum absolute atomic E-state index is 0.0406. The largest absolute Gasteiger partial charge is 0.350 e. The number of rotatable bonds is 7. The van der Waals surface area contributed by atoms with E-state index < -0.39 is 5.54 Å². The monoisotopic (exact) mass is 507 g/mol. The molecule has 6 aromatic rings. The van der Waals surface area contributed by atoms with Crippen LogP contribution in [0, 0.1) is 6.92 Å². The van der Waals surface area contributed by atoms with E-state index in [0.717, 1.165) is 39.0 Å². The first-order valence-electron chi connectivity index (χ1n) is 13.1. The summed E-state index contributed by atoms with van der Waals surface area (Å²) in [5.74, 6) is -0.0406. The van der Waals surface area contributed by atoms with Gasteiger partial charge in [-0.2, -0.15) is 0 Å². The maximum Gasteiger partial charge on any atom is 0.188 e. The molecular weight excluding hydrogens is 478 g/mol. The lowest BCUT2D eigenvalue weighted by Gasteiger charge is -2.38. The number of aryl methyl sites for hydroxylation is 1. The van der Waals surface area contributed by atoms with E-state index in [1.54, 1.807) is 6.08 Å². The number of hydrogen-bond donors (Lipinski definition) is 0. The van der Waals surface area contributed by atoms with Gasteiger partial charge in [-0.3, -0.25) is 4.79 Å². The highest BCUT2D eigenvalue weighted by Crippen LogP contribution is 2.42. The second-order valence-electron chi connectivity index (χ2n) is 9.76. The molecule has 0 radical (unpaired) electrons. The fourth-order valence-electron chi connectivity index (χ4n) is 5.66. The lowest BCUT2D eigenvalue weighted by molar-refractivity contribution is 0.104. The predicted molar refractivity (Wildman–Crippen MR) is 158 cm³/mol. The molecule has 4 nitrogen and oxygen atoms in total. The quantitative estimate of drug-likeness (QED) is 0.128. The Morgan fingerprint density at radius 1 is 0.744 bits per heavy atom. The van der Waals surface area contributed by atoms with E-state index in [2.05, 4.69) is 84.3 Å². The van der Waals surface area contributed by atoms with E-state index in [-0.39, 0.29) is 5.78 Å². The molecule has 190 valence electrons. The molecule has 4 aromatic carbocycles. The van der Waals surface area contributed by atoms with Crippen LogP contribution >= 0.6 is 0 Å². The van der Waals surface area contributed by atoms with E-state index in [1.165, 1.54) is 0 Å². The summed E-state index contributed by atoms with van der Waals surface area (Å²) in [7, 11) is 1.96. The maximum absolute atomic E-state index is 13.3. The van der Waals surface area contributed by atoms with Gasteiger partial charge in [-0.05, 0) is 41.8 Å². The van der Waals surface area contributed by atoms with Crippen molar-refractivity contribution in [1.29, 1.82) is 0 Å². The van der Waals surface area contributed by atoms with Crippen molar-refractivity contribution in [3.8, 4) is 0 Å². The van der Waals surface area contributed by atoms with E-state index in [4.69, 9.17) is 4.98 Å². The van der Waals surface area contributed by atoms with Crippen LogP contribution in [-0.2, 0) is 12.6 Å². The number of hydrogen-bond acceptors (Lipinski definition) is 2. The van der Waals surface area contributed by atoms with Crippen LogP contribution in [0.1, 0.15) is 38.4 Å². The zero-order valence-electron chi connectivity index (χ0n) is 22.0. The Morgan fingerprint density at radius 2 is 1.26 bits per heavy atom. The molecule has 2 heterocycles. The third-order valence-electron chi connectivity index (χ3n) is 7.54. The van der Waals surface area contributed by atoms with Gasteiger partial charge in [-0.1, -0.05) is 109 Å². The summed E-state index contributed by atoms with van der Waals surface area (Å²) >= 11 is 0. The molecule has 0 aliphatic heterocycles. The average Bonchev–Trinajstić information content (AvgIpc) is 3.53. The second-order valence-corrected chi connectivity index (χ2v) is 9.76. The first-order valence-corrected chi connectivity index (χ1v) is 13.1. The van der Waals surface area contributed by atoms with Gasteiger partial charge in [0.1, 0.15) is 5.54 Å². The highest BCUT2D eigenvalue weighted by atomic mass is 16.1. The average molecular weight is 508 g/mol. The van der Waals surface area contributed by atoms with Crippen LogP contribution in [0.4, 0.5) is 0 Å². The van der Waals surface area contributed by atoms with Crippen molar-refractivity contribution in [1.82, 2.24) is 14.1 Å². The Balaban J connectivity index is 1.49. The summed E-state index contributed by atoms with van der Waals surface area (Å²) in [6.45, 7) is 2.07. The van der Waals surface area contributed by atoms with Crippen LogP contribution in [0.2, 0.25) is 0 Å². The molecule has 0 fully saturated rings. The fourth-order valence-corrected chi connectivity index (χ4v) is 5.66. The van der Waals surface area contributed by atoms with Crippen molar-refractivity contribution >= 4 is 22.8 Å². The molecule has 0 saturated heterocycles. The number of benzene rings is 4. The van der Waals surface area contributed by atoms with Crippen LogP contribution in [0.5, 0.6) is 0 Å². The molecule has 0 aliphatic carbocycles. The molecule has 4 heteroatoms. The number of ketones is 1. The van der Waals surface area contributed by atoms with Crippen LogP contribution in [0.25, 0.3) is 17.0 Å². The van der Waals surface area contributed by atoms with Gasteiger partial charge in [0.2, 0.25) is 0 Å². The fraction of sp³-hybridized carbons (Fsp3) is 0.0857. The van der Waals surface area contributed by atoms with Gasteiger partial charge in [0.15, 0.2) is 5.78 Å². The topological polar surface area (TPSA) is 39.8 Å². The molecule has 0 spiro atoms. The first kappa shape index (κ1) is 24.4. The van der Waals surface area contributed by atoms with Crippen LogP contribution in [0.15, 0.2) is 134 Å². The highest BCUT2D eigenvalue weighted by molar-refractivity contribution is 6.14. The predicted octanol–water partition coefficient (Wildman–Crippen LogP) is 7.42. The Hall–Kier alpha value is -4.96. The summed E-state index contributed by atoms with van der Waals surface area (Å²) in [6, 6.07) is 39.5. The van der Waals surface area contributed by atoms with Crippen molar-refractivity contribution in [2.24, 2.45) is 7.05 Å². The van der Waals surface area contributed by atoms with Crippen molar-refractivity contribution < 1.29 is 4.79 Å². The van der Waals surface area contributed by atoms with Crippen LogP contribution in [0.3, 0.4) is 0 Å². The molecule has 6 rings (SSSR count). The van der Waals surface area contributed by atoms with E-state index in [9.17, 15) is 4.79 Å². The minimum atomic E-state index is -0.646. The Labute approximate surface area is 228 Å². The van der Waals surface area contributed by atoms with Crippen LogP contribution in [-0.4, -0.2) is 19.9 Å². The third-order valence-corrected chi connectivity index (χ3v) is 7.54. The molecule has 0 unspecified atom stereocenters. The minimum Gasteiger partial charge on any atom is -0.350 e. The molecule has 2 aromatic heterocycles. The maximum atomic E-state index is 13.3. The zero-order valence-corrected chi connectivity index (χ0v) is 22.0. The Kier molecular flexibility index (Phi) is 6.29. The summed E-state index contributed by atoms with van der Waals surface area (Å²) in [4.78, 5) is 18.1. The standard InChI is InChI=1S/C35H29N3O/c1-26-32(22-23-34(39)31-24-37(2)33-21-13-12-20-30(31)33)36-25-38(26)35(27-14-6-3-7-15-27,28-16-8-4-9-17-28)29-18-10-5-11-19-29/h3-25H,1-2H3/b23-22+. The molecule has 0 N–H and O–H groups in total. The van der Waals surface area contributed by atoms with Crippen molar-refractivity contribution in [2.45, 2.75) is 12.5 Å². The lowest BCUT2D eigenvalue weighted by atomic mass is 9.76. The van der Waals surface area contributed by atoms with Crippen molar-refractivity contribution in [3.05, 3.63) is 168 Å². The molecular formula is C35H29N3O. The third kappa shape index (κ3) is 4.11. The number of carbonyl (C=O) groups is 1. The molecule has 0 amide bonds. The van der Waals surface area contributed by atoms with Gasteiger partial charge in [0.25, 0.3) is 0 Å². The number of allylic oxidation sites excluding steroid dienone is 1. The van der Waals surface area contributed by atoms with Gasteiger partial charge in [0, 0.05) is 35.4 Å². The SMILES string of the molecule is Cc1c(/C=C/C(=O)c2cn(C)c3ccccc23)ncn1C(c1ccccc1)(c1ccccc1)c1ccccc1. The number of fused-ring (bicyclic) bond motifs is 1. The smallest absolute Gasteiger partial charge is 0.188 e.